The van der Waals surface area contributed by atoms with Crippen molar-refractivity contribution in [2.75, 3.05) is 18.4 Å². The second-order valence-corrected chi connectivity index (χ2v) is 4.93. The average molecular weight is 296 g/mol. The number of rotatable bonds is 8. The van der Waals surface area contributed by atoms with Gasteiger partial charge >= 0.3 is 5.97 Å². The maximum absolute atomic E-state index is 13.0. The first-order valence-electron chi connectivity index (χ1n) is 6.93. The number of amides is 1. The summed E-state index contributed by atoms with van der Waals surface area (Å²) in [5.41, 5.74) is 0.397. The third-order valence-corrected chi connectivity index (χ3v) is 3.29. The number of aliphatic carboxylic acids is 1. The third kappa shape index (κ3) is 6.35. The normalized spacial score (nSPS) is 12.2. The van der Waals surface area contributed by atoms with E-state index >= 15 is 0 Å². The first-order valence-corrected chi connectivity index (χ1v) is 6.93. The highest BCUT2D eigenvalue weighted by Crippen LogP contribution is 2.10. The zero-order valence-corrected chi connectivity index (χ0v) is 12.3. The van der Waals surface area contributed by atoms with Crippen molar-refractivity contribution in [1.82, 2.24) is 4.90 Å². The lowest BCUT2D eigenvalue weighted by Gasteiger charge is -2.26. The molecule has 0 fully saturated rings. The number of anilines is 1. The Morgan fingerprint density at radius 3 is 2.71 bits per heavy atom. The highest BCUT2D eigenvalue weighted by molar-refractivity contribution is 5.90. The minimum absolute atomic E-state index is 0.0862. The van der Waals surface area contributed by atoms with E-state index < -0.39 is 11.8 Å². The summed E-state index contributed by atoms with van der Waals surface area (Å²) in [5, 5.41) is 11.5. The number of carbonyl (C=O) groups excluding carboxylic acids is 1. The van der Waals surface area contributed by atoms with E-state index in [1.807, 2.05) is 13.8 Å². The van der Waals surface area contributed by atoms with Crippen LogP contribution in [0.2, 0.25) is 0 Å². The zero-order chi connectivity index (χ0) is 15.8. The number of benzene rings is 1. The Labute approximate surface area is 123 Å². The van der Waals surface area contributed by atoms with Crippen LogP contribution in [0.5, 0.6) is 0 Å². The molecule has 1 unspecified atom stereocenters. The molecule has 0 aliphatic carbocycles. The summed E-state index contributed by atoms with van der Waals surface area (Å²) in [6, 6.07) is 5.74. The second-order valence-electron chi connectivity index (χ2n) is 4.93. The summed E-state index contributed by atoms with van der Waals surface area (Å²) < 4.78 is 13.0. The molecule has 0 bridgehead atoms. The van der Waals surface area contributed by atoms with E-state index in [9.17, 15) is 14.0 Å². The van der Waals surface area contributed by atoms with Crippen LogP contribution in [0.4, 0.5) is 10.1 Å². The summed E-state index contributed by atoms with van der Waals surface area (Å²) in [5.74, 6) is -1.60. The van der Waals surface area contributed by atoms with Crippen molar-refractivity contribution >= 4 is 17.6 Å². The molecule has 0 saturated carbocycles. The number of halogens is 1. The minimum atomic E-state index is -0.916. The molecule has 0 aromatic heterocycles. The molecule has 0 saturated heterocycles. The molecule has 1 aromatic carbocycles. The first-order chi connectivity index (χ1) is 9.92. The van der Waals surface area contributed by atoms with Gasteiger partial charge in [-0.05, 0) is 31.5 Å². The lowest BCUT2D eigenvalue weighted by atomic mass is 10.2. The Bertz CT molecular complexity index is 494. The monoisotopic (exact) mass is 296 g/mol. The number of nitrogens with zero attached hydrogens (tertiary/aromatic N) is 1. The van der Waals surface area contributed by atoms with Crippen LogP contribution in [0, 0.1) is 5.82 Å². The lowest BCUT2D eigenvalue weighted by Crippen LogP contribution is -2.39. The van der Waals surface area contributed by atoms with E-state index in [4.69, 9.17) is 5.11 Å². The van der Waals surface area contributed by atoms with Gasteiger partial charge in [-0.3, -0.25) is 14.5 Å². The van der Waals surface area contributed by atoms with Gasteiger partial charge in [0.1, 0.15) is 5.82 Å². The fraction of sp³-hybridized carbons (Fsp3) is 0.467. The van der Waals surface area contributed by atoms with E-state index in [-0.39, 0.29) is 24.9 Å². The number of carbonyl (C=O) groups is 2. The minimum Gasteiger partial charge on any atom is -0.480 e. The van der Waals surface area contributed by atoms with Crippen molar-refractivity contribution in [1.29, 1.82) is 0 Å². The van der Waals surface area contributed by atoms with Crippen LogP contribution in [0.25, 0.3) is 0 Å². The molecular weight excluding hydrogens is 275 g/mol. The van der Waals surface area contributed by atoms with Crippen molar-refractivity contribution in [2.24, 2.45) is 0 Å². The molecule has 21 heavy (non-hydrogen) atoms. The summed E-state index contributed by atoms with van der Waals surface area (Å²) in [4.78, 5) is 24.4. The molecule has 0 radical (unpaired) electrons. The fourth-order valence-electron chi connectivity index (χ4n) is 1.92. The van der Waals surface area contributed by atoms with Crippen LogP contribution < -0.4 is 5.32 Å². The van der Waals surface area contributed by atoms with Crippen LogP contribution in [0.3, 0.4) is 0 Å². The standard InChI is InChI=1S/C15H21FN2O3/c1-3-11(2)18(10-15(20)21)8-7-14(19)17-13-6-4-5-12(16)9-13/h4-6,9,11H,3,7-8,10H2,1-2H3,(H,17,19)(H,20,21). The topological polar surface area (TPSA) is 69.6 Å². The molecule has 1 atom stereocenters. The van der Waals surface area contributed by atoms with Crippen molar-refractivity contribution in [3.8, 4) is 0 Å². The van der Waals surface area contributed by atoms with Crippen molar-refractivity contribution in [2.45, 2.75) is 32.7 Å². The van der Waals surface area contributed by atoms with Gasteiger partial charge in [0.15, 0.2) is 0 Å². The molecule has 0 aliphatic heterocycles. The summed E-state index contributed by atoms with van der Waals surface area (Å²) in [6.45, 7) is 4.14. The van der Waals surface area contributed by atoms with Crippen LogP contribution >= 0.6 is 0 Å². The van der Waals surface area contributed by atoms with Gasteiger partial charge in [-0.2, -0.15) is 0 Å². The van der Waals surface area contributed by atoms with E-state index in [0.29, 0.717) is 12.2 Å². The maximum atomic E-state index is 13.0. The molecule has 1 rings (SSSR count). The Morgan fingerprint density at radius 2 is 2.14 bits per heavy atom. The molecule has 1 aromatic rings. The predicted molar refractivity (Wildman–Crippen MR) is 78.6 cm³/mol. The van der Waals surface area contributed by atoms with Gasteiger partial charge in [0.05, 0.1) is 6.54 Å². The van der Waals surface area contributed by atoms with Crippen molar-refractivity contribution < 1.29 is 19.1 Å². The molecule has 0 heterocycles. The Hall–Kier alpha value is -1.95. The largest absolute Gasteiger partial charge is 0.480 e. The molecule has 116 valence electrons. The molecule has 5 nitrogen and oxygen atoms in total. The highest BCUT2D eigenvalue weighted by atomic mass is 19.1. The summed E-state index contributed by atoms with van der Waals surface area (Å²) >= 11 is 0. The number of carboxylic acids is 1. The molecule has 1 amide bonds. The summed E-state index contributed by atoms with van der Waals surface area (Å²) in [6.07, 6.45) is 0.965. The number of hydrogen-bond donors (Lipinski definition) is 2. The molecule has 2 N–H and O–H groups in total. The third-order valence-electron chi connectivity index (χ3n) is 3.29. The second kappa shape index (κ2) is 8.36. The van der Waals surface area contributed by atoms with Crippen LogP contribution in [-0.4, -0.2) is 41.0 Å². The van der Waals surface area contributed by atoms with Gasteiger partial charge in [0.2, 0.25) is 5.91 Å². The lowest BCUT2D eigenvalue weighted by molar-refractivity contribution is -0.139. The quantitative estimate of drug-likeness (QED) is 0.772. The average Bonchev–Trinajstić information content (AvgIpc) is 2.42. The fourth-order valence-corrected chi connectivity index (χ4v) is 1.92. The van der Waals surface area contributed by atoms with Gasteiger partial charge in [0.25, 0.3) is 0 Å². The van der Waals surface area contributed by atoms with Gasteiger partial charge < -0.3 is 10.4 Å². The Kier molecular flexibility index (Phi) is 6.81. The predicted octanol–water partition coefficient (Wildman–Crippen LogP) is 2.34. The molecule has 0 spiro atoms. The van der Waals surface area contributed by atoms with Crippen LogP contribution in [-0.2, 0) is 9.59 Å². The smallest absolute Gasteiger partial charge is 0.317 e. The van der Waals surface area contributed by atoms with Crippen molar-refractivity contribution in [3.05, 3.63) is 30.1 Å². The van der Waals surface area contributed by atoms with E-state index in [0.717, 1.165) is 6.42 Å². The summed E-state index contributed by atoms with van der Waals surface area (Å²) in [7, 11) is 0. The van der Waals surface area contributed by atoms with Gasteiger partial charge in [0, 0.05) is 24.7 Å². The van der Waals surface area contributed by atoms with Crippen molar-refractivity contribution in [3.63, 3.8) is 0 Å². The van der Waals surface area contributed by atoms with Gasteiger partial charge in [-0.1, -0.05) is 13.0 Å². The van der Waals surface area contributed by atoms with E-state index in [2.05, 4.69) is 5.32 Å². The first kappa shape index (κ1) is 17.1. The zero-order valence-electron chi connectivity index (χ0n) is 12.3. The van der Waals surface area contributed by atoms with Crippen LogP contribution in [0.1, 0.15) is 26.7 Å². The maximum Gasteiger partial charge on any atom is 0.317 e. The highest BCUT2D eigenvalue weighted by Gasteiger charge is 2.16. The van der Waals surface area contributed by atoms with E-state index in [1.54, 1.807) is 11.0 Å². The van der Waals surface area contributed by atoms with Gasteiger partial charge in [-0.15, -0.1) is 0 Å². The SMILES string of the molecule is CCC(C)N(CCC(=O)Nc1cccc(F)c1)CC(=O)O. The number of carboxylic acid groups (broad SMARTS) is 1. The molecule has 0 aliphatic rings. The molecular formula is C15H21FN2O3. The Balaban J connectivity index is 2.51. The van der Waals surface area contributed by atoms with Gasteiger partial charge in [-0.25, -0.2) is 4.39 Å². The van der Waals surface area contributed by atoms with E-state index in [1.165, 1.54) is 18.2 Å². The molecule has 6 heteroatoms. The number of nitrogens with one attached hydrogen (secondary N) is 1. The Morgan fingerprint density at radius 1 is 1.43 bits per heavy atom. The van der Waals surface area contributed by atoms with Crippen LogP contribution in [0.15, 0.2) is 24.3 Å². The number of hydrogen-bond acceptors (Lipinski definition) is 3.